The van der Waals surface area contributed by atoms with E-state index in [4.69, 9.17) is 16.3 Å². The largest absolute Gasteiger partial charge is 0.373 e. The molecule has 2 bridgehead atoms. The molecule has 0 radical (unpaired) electrons. The fourth-order valence-corrected chi connectivity index (χ4v) is 4.16. The highest BCUT2D eigenvalue weighted by Gasteiger charge is 2.45. The quantitative estimate of drug-likeness (QED) is 0.721. The van der Waals surface area contributed by atoms with Crippen LogP contribution in [0.2, 0.25) is 0 Å². The van der Waals surface area contributed by atoms with Crippen LogP contribution in [0.15, 0.2) is 0 Å². The van der Waals surface area contributed by atoms with Gasteiger partial charge >= 0.3 is 0 Å². The van der Waals surface area contributed by atoms with Crippen LogP contribution in [0, 0.1) is 17.8 Å². The third-order valence-electron chi connectivity index (χ3n) is 5.02. The average molecular weight is 272 g/mol. The van der Waals surface area contributed by atoms with Gasteiger partial charge in [0.15, 0.2) is 0 Å². The van der Waals surface area contributed by atoms with E-state index in [1.807, 2.05) is 4.90 Å². The van der Waals surface area contributed by atoms with E-state index in [1.54, 1.807) is 0 Å². The number of rotatable bonds is 2. The molecule has 18 heavy (non-hydrogen) atoms. The minimum Gasteiger partial charge on any atom is -0.373 e. The number of morpholine rings is 1. The molecule has 3 rings (SSSR count). The summed E-state index contributed by atoms with van der Waals surface area (Å²) in [6.45, 7) is 3.39. The molecule has 1 heterocycles. The normalized spacial score (nSPS) is 43.4. The van der Waals surface area contributed by atoms with Crippen molar-refractivity contribution in [1.82, 2.24) is 4.90 Å². The lowest BCUT2D eigenvalue weighted by atomic mass is 9.87. The standard InChI is InChI=1S/C14H22ClNO2/c1-9-8-18-12(6-15)7-16(9)14(17)13-5-10-2-3-11(13)4-10/h9-13H,2-8H2,1H3. The number of ether oxygens (including phenoxy) is 1. The molecule has 0 aromatic heterocycles. The summed E-state index contributed by atoms with van der Waals surface area (Å²) in [5.41, 5.74) is 0. The molecular formula is C14H22ClNO2. The van der Waals surface area contributed by atoms with E-state index in [0.29, 0.717) is 36.8 Å². The van der Waals surface area contributed by atoms with Gasteiger partial charge in [-0.25, -0.2) is 0 Å². The van der Waals surface area contributed by atoms with Gasteiger partial charge in [-0.1, -0.05) is 6.42 Å². The summed E-state index contributed by atoms with van der Waals surface area (Å²) in [5, 5.41) is 0. The van der Waals surface area contributed by atoms with Gasteiger partial charge in [0.1, 0.15) is 0 Å². The van der Waals surface area contributed by atoms with Crippen molar-refractivity contribution < 1.29 is 9.53 Å². The van der Waals surface area contributed by atoms with Crippen molar-refractivity contribution in [1.29, 1.82) is 0 Å². The van der Waals surface area contributed by atoms with Crippen molar-refractivity contribution in [3.8, 4) is 0 Å². The predicted molar refractivity (Wildman–Crippen MR) is 70.6 cm³/mol. The van der Waals surface area contributed by atoms with Gasteiger partial charge in [0.25, 0.3) is 0 Å². The molecule has 5 atom stereocenters. The Kier molecular flexibility index (Phi) is 3.55. The second-order valence-corrected chi connectivity index (χ2v) is 6.54. The van der Waals surface area contributed by atoms with Crippen LogP contribution in [-0.4, -0.2) is 42.0 Å². The Morgan fingerprint density at radius 1 is 1.39 bits per heavy atom. The predicted octanol–water partition coefficient (Wildman–Crippen LogP) is 2.28. The van der Waals surface area contributed by atoms with Crippen LogP contribution in [0.3, 0.4) is 0 Å². The highest BCUT2D eigenvalue weighted by molar-refractivity contribution is 6.18. The van der Waals surface area contributed by atoms with Gasteiger partial charge in [0.2, 0.25) is 5.91 Å². The van der Waals surface area contributed by atoms with Gasteiger partial charge in [-0.3, -0.25) is 4.79 Å². The SMILES string of the molecule is CC1COC(CCl)CN1C(=O)C1CC2CCC1C2. The molecule has 4 heteroatoms. The molecular weight excluding hydrogens is 250 g/mol. The van der Waals surface area contributed by atoms with Crippen molar-refractivity contribution >= 4 is 17.5 Å². The molecule has 3 fully saturated rings. The number of carbonyl (C=O) groups is 1. The van der Waals surface area contributed by atoms with E-state index in [9.17, 15) is 4.79 Å². The smallest absolute Gasteiger partial charge is 0.226 e. The summed E-state index contributed by atoms with van der Waals surface area (Å²) in [6.07, 6.45) is 5.04. The van der Waals surface area contributed by atoms with Gasteiger partial charge in [0, 0.05) is 12.5 Å². The molecule has 2 aliphatic carbocycles. The van der Waals surface area contributed by atoms with Gasteiger partial charge < -0.3 is 9.64 Å². The first-order valence-electron chi connectivity index (χ1n) is 7.17. The summed E-state index contributed by atoms with van der Waals surface area (Å²) in [4.78, 5) is 14.7. The van der Waals surface area contributed by atoms with E-state index in [-0.39, 0.29) is 12.1 Å². The number of amides is 1. The Bertz CT molecular complexity index is 336. The fraction of sp³-hybridized carbons (Fsp3) is 0.929. The Balaban J connectivity index is 1.67. The molecule has 3 aliphatic rings. The lowest BCUT2D eigenvalue weighted by molar-refractivity contribution is -0.149. The Morgan fingerprint density at radius 3 is 2.83 bits per heavy atom. The number of hydrogen-bond donors (Lipinski definition) is 0. The second kappa shape index (κ2) is 5.01. The zero-order chi connectivity index (χ0) is 12.7. The van der Waals surface area contributed by atoms with Gasteiger partial charge in [0.05, 0.1) is 24.6 Å². The summed E-state index contributed by atoms with van der Waals surface area (Å²) in [5.74, 6) is 2.62. The van der Waals surface area contributed by atoms with Crippen molar-refractivity contribution in [2.45, 2.75) is 44.8 Å². The number of carbonyl (C=O) groups excluding carboxylic acids is 1. The third-order valence-corrected chi connectivity index (χ3v) is 5.36. The van der Waals surface area contributed by atoms with Crippen LogP contribution in [0.4, 0.5) is 0 Å². The molecule has 0 N–H and O–H groups in total. The van der Waals surface area contributed by atoms with Gasteiger partial charge in [-0.05, 0) is 38.0 Å². The average Bonchev–Trinajstić information content (AvgIpc) is 3.01. The monoisotopic (exact) mass is 271 g/mol. The number of nitrogens with zero attached hydrogens (tertiary/aromatic N) is 1. The van der Waals surface area contributed by atoms with Gasteiger partial charge in [-0.2, -0.15) is 0 Å². The number of fused-ring (bicyclic) bond motifs is 2. The molecule has 0 spiro atoms. The van der Waals surface area contributed by atoms with E-state index in [0.717, 1.165) is 12.3 Å². The van der Waals surface area contributed by atoms with Crippen molar-refractivity contribution in [3.63, 3.8) is 0 Å². The van der Waals surface area contributed by atoms with E-state index in [2.05, 4.69) is 6.92 Å². The highest BCUT2D eigenvalue weighted by atomic mass is 35.5. The van der Waals surface area contributed by atoms with Gasteiger partial charge in [-0.15, -0.1) is 11.6 Å². The minimum absolute atomic E-state index is 0.0189. The molecule has 3 nitrogen and oxygen atoms in total. The molecule has 1 aliphatic heterocycles. The topological polar surface area (TPSA) is 29.5 Å². The van der Waals surface area contributed by atoms with Crippen molar-refractivity contribution in [2.75, 3.05) is 19.0 Å². The van der Waals surface area contributed by atoms with Crippen LogP contribution in [0.25, 0.3) is 0 Å². The number of alkyl halides is 1. The van der Waals surface area contributed by atoms with E-state index < -0.39 is 0 Å². The molecule has 5 unspecified atom stereocenters. The molecule has 2 saturated carbocycles. The lowest BCUT2D eigenvalue weighted by Gasteiger charge is -2.40. The molecule has 0 aromatic carbocycles. The second-order valence-electron chi connectivity index (χ2n) is 6.23. The number of hydrogen-bond acceptors (Lipinski definition) is 2. The lowest BCUT2D eigenvalue weighted by Crippen LogP contribution is -2.53. The summed E-state index contributed by atoms with van der Waals surface area (Å²) in [6, 6.07) is 0.205. The summed E-state index contributed by atoms with van der Waals surface area (Å²) >= 11 is 5.86. The highest BCUT2D eigenvalue weighted by Crippen LogP contribution is 2.49. The van der Waals surface area contributed by atoms with Crippen LogP contribution < -0.4 is 0 Å². The molecule has 0 aromatic rings. The van der Waals surface area contributed by atoms with Crippen LogP contribution in [0.1, 0.15) is 32.6 Å². The minimum atomic E-state index is 0.0189. The first-order chi connectivity index (χ1) is 8.69. The molecule has 102 valence electrons. The maximum atomic E-state index is 12.7. The first kappa shape index (κ1) is 12.7. The Labute approximate surface area is 114 Å². The zero-order valence-corrected chi connectivity index (χ0v) is 11.7. The summed E-state index contributed by atoms with van der Waals surface area (Å²) < 4.78 is 5.62. The summed E-state index contributed by atoms with van der Waals surface area (Å²) in [7, 11) is 0. The molecule has 1 saturated heterocycles. The van der Waals surface area contributed by atoms with Crippen LogP contribution >= 0.6 is 11.6 Å². The Morgan fingerprint density at radius 2 is 2.22 bits per heavy atom. The van der Waals surface area contributed by atoms with Crippen molar-refractivity contribution in [3.05, 3.63) is 0 Å². The van der Waals surface area contributed by atoms with Crippen LogP contribution in [0.5, 0.6) is 0 Å². The fourth-order valence-electron chi connectivity index (χ4n) is 3.98. The van der Waals surface area contributed by atoms with Crippen LogP contribution in [-0.2, 0) is 9.53 Å². The maximum absolute atomic E-state index is 12.7. The maximum Gasteiger partial charge on any atom is 0.226 e. The Hall–Kier alpha value is -0.280. The first-order valence-corrected chi connectivity index (χ1v) is 7.70. The van der Waals surface area contributed by atoms with E-state index in [1.165, 1.54) is 19.3 Å². The molecule has 1 amide bonds. The van der Waals surface area contributed by atoms with E-state index >= 15 is 0 Å². The zero-order valence-electron chi connectivity index (χ0n) is 11.0. The number of halogens is 1. The van der Waals surface area contributed by atoms with Crippen molar-refractivity contribution in [2.24, 2.45) is 17.8 Å². The third kappa shape index (κ3) is 2.16.